The van der Waals surface area contributed by atoms with Gasteiger partial charge >= 0.3 is 6.09 Å². The monoisotopic (exact) mass is 234 g/mol. The van der Waals surface area contributed by atoms with Crippen LogP contribution in [-0.4, -0.2) is 24.1 Å². The number of hydrogen-bond donors (Lipinski definition) is 0. The molecule has 1 radical (unpaired) electrons. The Labute approximate surface area is 103 Å². The van der Waals surface area contributed by atoms with E-state index in [2.05, 4.69) is 13.8 Å². The SMILES string of the molecule is [CH2]CN(CCCC)C(=O)OCc1ccccc1. The lowest BCUT2D eigenvalue weighted by molar-refractivity contribution is 0.0994. The standard InChI is InChI=1S/C14H20NO2/c1-3-5-11-15(4-2)14(16)17-12-13-9-7-6-8-10-13/h6-10H,2-5,11-12H2,1H3. The van der Waals surface area contributed by atoms with Gasteiger partial charge < -0.3 is 9.64 Å². The lowest BCUT2D eigenvalue weighted by atomic mass is 10.2. The van der Waals surface area contributed by atoms with E-state index in [9.17, 15) is 4.79 Å². The van der Waals surface area contributed by atoms with Crippen LogP contribution >= 0.6 is 0 Å². The van der Waals surface area contributed by atoms with Crippen molar-refractivity contribution in [1.29, 1.82) is 0 Å². The molecule has 0 aliphatic carbocycles. The van der Waals surface area contributed by atoms with E-state index in [1.807, 2.05) is 30.3 Å². The number of carbonyl (C=O) groups is 1. The van der Waals surface area contributed by atoms with Gasteiger partial charge in [-0.3, -0.25) is 0 Å². The molecule has 0 spiro atoms. The quantitative estimate of drug-likeness (QED) is 0.756. The Morgan fingerprint density at radius 2 is 2.06 bits per heavy atom. The zero-order chi connectivity index (χ0) is 12.5. The van der Waals surface area contributed by atoms with Crippen LogP contribution in [-0.2, 0) is 11.3 Å². The highest BCUT2D eigenvalue weighted by molar-refractivity contribution is 5.67. The zero-order valence-corrected chi connectivity index (χ0v) is 10.4. The predicted molar refractivity (Wildman–Crippen MR) is 68.5 cm³/mol. The van der Waals surface area contributed by atoms with Crippen molar-refractivity contribution < 1.29 is 9.53 Å². The molecule has 0 aliphatic rings. The highest BCUT2D eigenvalue weighted by Gasteiger charge is 2.11. The van der Waals surface area contributed by atoms with Crippen molar-refractivity contribution in [2.75, 3.05) is 13.1 Å². The van der Waals surface area contributed by atoms with Crippen LogP contribution < -0.4 is 0 Å². The topological polar surface area (TPSA) is 29.5 Å². The minimum Gasteiger partial charge on any atom is -0.445 e. The molecule has 0 atom stereocenters. The van der Waals surface area contributed by atoms with Crippen LogP contribution in [0.1, 0.15) is 25.3 Å². The molecule has 17 heavy (non-hydrogen) atoms. The largest absolute Gasteiger partial charge is 0.445 e. The lowest BCUT2D eigenvalue weighted by Crippen LogP contribution is -2.32. The molecule has 0 aliphatic heterocycles. The molecule has 1 rings (SSSR count). The van der Waals surface area contributed by atoms with Crippen LogP contribution in [0.25, 0.3) is 0 Å². The third-order valence-corrected chi connectivity index (χ3v) is 2.51. The summed E-state index contributed by atoms with van der Waals surface area (Å²) < 4.78 is 5.23. The molecule has 0 saturated carbocycles. The van der Waals surface area contributed by atoms with Gasteiger partial charge in [-0.1, -0.05) is 43.7 Å². The number of hydrogen-bond acceptors (Lipinski definition) is 2. The average Bonchev–Trinajstić information content (AvgIpc) is 2.38. The molecule has 3 nitrogen and oxygen atoms in total. The zero-order valence-electron chi connectivity index (χ0n) is 10.4. The molecule has 0 fully saturated rings. The summed E-state index contributed by atoms with van der Waals surface area (Å²) in [7, 11) is 0. The van der Waals surface area contributed by atoms with E-state index in [0.29, 0.717) is 19.7 Å². The Hall–Kier alpha value is -1.51. The fraction of sp³-hybridized carbons (Fsp3) is 0.429. The first kappa shape index (κ1) is 13.6. The van der Waals surface area contributed by atoms with Gasteiger partial charge in [0.15, 0.2) is 0 Å². The maximum Gasteiger partial charge on any atom is 0.410 e. The van der Waals surface area contributed by atoms with Crippen LogP contribution in [0.4, 0.5) is 4.79 Å². The minimum absolute atomic E-state index is 0.280. The van der Waals surface area contributed by atoms with Crippen molar-refractivity contribution in [3.05, 3.63) is 42.8 Å². The van der Waals surface area contributed by atoms with Gasteiger partial charge in [0.2, 0.25) is 0 Å². The summed E-state index contributed by atoms with van der Waals surface area (Å²) in [5.74, 6) is 0. The van der Waals surface area contributed by atoms with Gasteiger partial charge in [-0.15, -0.1) is 0 Å². The fourth-order valence-corrected chi connectivity index (χ4v) is 1.45. The van der Waals surface area contributed by atoms with Crippen molar-refractivity contribution in [2.24, 2.45) is 0 Å². The van der Waals surface area contributed by atoms with Gasteiger partial charge in [0.05, 0.1) is 0 Å². The third-order valence-electron chi connectivity index (χ3n) is 2.51. The molecule has 0 heterocycles. The minimum atomic E-state index is -0.280. The molecule has 0 unspecified atom stereocenters. The maximum atomic E-state index is 11.7. The van der Waals surface area contributed by atoms with Crippen LogP contribution in [0.5, 0.6) is 0 Å². The predicted octanol–water partition coefficient (Wildman–Crippen LogP) is 3.26. The van der Waals surface area contributed by atoms with E-state index < -0.39 is 0 Å². The van der Waals surface area contributed by atoms with Crippen molar-refractivity contribution in [3.8, 4) is 0 Å². The lowest BCUT2D eigenvalue weighted by Gasteiger charge is -2.19. The van der Waals surface area contributed by atoms with Gasteiger partial charge in [0, 0.05) is 13.1 Å². The number of benzene rings is 1. The average molecular weight is 234 g/mol. The van der Waals surface area contributed by atoms with E-state index in [1.165, 1.54) is 0 Å². The number of carbonyl (C=O) groups excluding carboxylic acids is 1. The molecule has 0 bridgehead atoms. The molecule has 1 aromatic carbocycles. The number of unbranched alkanes of at least 4 members (excludes halogenated alkanes) is 1. The van der Waals surface area contributed by atoms with Gasteiger partial charge in [-0.25, -0.2) is 4.79 Å². The van der Waals surface area contributed by atoms with Gasteiger partial charge in [0.1, 0.15) is 6.61 Å². The second-order valence-corrected chi connectivity index (χ2v) is 3.88. The summed E-state index contributed by atoms with van der Waals surface area (Å²) in [6.45, 7) is 7.32. The molecule has 3 heteroatoms. The number of nitrogens with zero attached hydrogens (tertiary/aromatic N) is 1. The molecular weight excluding hydrogens is 214 g/mol. The maximum absolute atomic E-state index is 11.7. The Bertz CT molecular complexity index is 324. The van der Waals surface area contributed by atoms with E-state index in [-0.39, 0.29) is 6.09 Å². The van der Waals surface area contributed by atoms with Gasteiger partial charge in [0.25, 0.3) is 0 Å². The third kappa shape index (κ3) is 4.89. The van der Waals surface area contributed by atoms with Crippen LogP contribution in [0, 0.1) is 6.92 Å². The summed E-state index contributed by atoms with van der Waals surface area (Å²) in [5.41, 5.74) is 1.00. The molecule has 0 N–H and O–H groups in total. The van der Waals surface area contributed by atoms with Crippen molar-refractivity contribution in [3.63, 3.8) is 0 Å². The summed E-state index contributed by atoms with van der Waals surface area (Å²) in [5, 5.41) is 0. The summed E-state index contributed by atoms with van der Waals surface area (Å²) in [4.78, 5) is 13.3. The molecule has 1 amide bonds. The van der Waals surface area contributed by atoms with Crippen molar-refractivity contribution >= 4 is 6.09 Å². The first-order valence-electron chi connectivity index (χ1n) is 6.02. The normalized spacial score (nSPS) is 10.0. The van der Waals surface area contributed by atoms with Gasteiger partial charge in [-0.2, -0.15) is 0 Å². The highest BCUT2D eigenvalue weighted by Crippen LogP contribution is 2.04. The van der Waals surface area contributed by atoms with E-state index >= 15 is 0 Å². The van der Waals surface area contributed by atoms with E-state index in [4.69, 9.17) is 4.74 Å². The molecule has 93 valence electrons. The molecule has 0 saturated heterocycles. The first-order valence-corrected chi connectivity index (χ1v) is 6.02. The number of amides is 1. The summed E-state index contributed by atoms with van der Waals surface area (Å²) in [6, 6.07) is 9.68. The van der Waals surface area contributed by atoms with Crippen molar-refractivity contribution in [2.45, 2.75) is 26.4 Å². The Balaban J connectivity index is 2.37. The van der Waals surface area contributed by atoms with Crippen LogP contribution in [0.15, 0.2) is 30.3 Å². The summed E-state index contributed by atoms with van der Waals surface area (Å²) in [6.07, 6.45) is 1.76. The van der Waals surface area contributed by atoms with Crippen LogP contribution in [0.2, 0.25) is 0 Å². The molecule has 0 aromatic heterocycles. The second-order valence-electron chi connectivity index (χ2n) is 3.88. The van der Waals surface area contributed by atoms with E-state index in [0.717, 1.165) is 18.4 Å². The first-order chi connectivity index (χ1) is 8.27. The Morgan fingerprint density at radius 3 is 2.65 bits per heavy atom. The number of rotatable bonds is 6. The Kier molecular flexibility index (Phi) is 6.15. The Morgan fingerprint density at radius 1 is 1.35 bits per heavy atom. The number of ether oxygens (including phenoxy) is 1. The molecule has 1 aromatic rings. The second kappa shape index (κ2) is 7.71. The van der Waals surface area contributed by atoms with Gasteiger partial charge in [-0.05, 0) is 18.9 Å². The van der Waals surface area contributed by atoms with Crippen molar-refractivity contribution in [1.82, 2.24) is 4.90 Å². The molecular formula is C14H20NO2. The van der Waals surface area contributed by atoms with Crippen LogP contribution in [0.3, 0.4) is 0 Å². The highest BCUT2D eigenvalue weighted by atomic mass is 16.6. The smallest absolute Gasteiger partial charge is 0.410 e. The van der Waals surface area contributed by atoms with E-state index in [1.54, 1.807) is 4.90 Å². The fourth-order valence-electron chi connectivity index (χ4n) is 1.45. The summed E-state index contributed by atoms with van der Waals surface area (Å²) >= 11 is 0.